The molecule has 6 heteroatoms. The summed E-state index contributed by atoms with van der Waals surface area (Å²) in [6.07, 6.45) is 2.12. The smallest absolute Gasteiger partial charge is 0.311 e. The van der Waals surface area contributed by atoms with Crippen molar-refractivity contribution in [2.45, 2.75) is 13.3 Å². The van der Waals surface area contributed by atoms with Gasteiger partial charge >= 0.3 is 5.97 Å². The van der Waals surface area contributed by atoms with Crippen molar-refractivity contribution < 1.29 is 14.7 Å². The van der Waals surface area contributed by atoms with Crippen LogP contribution in [0.4, 0.5) is 0 Å². The van der Waals surface area contributed by atoms with Crippen molar-refractivity contribution in [1.29, 1.82) is 0 Å². The molecule has 1 aromatic heterocycles. The molecule has 3 rings (SSSR count). The molecule has 1 unspecified atom stereocenters. The van der Waals surface area contributed by atoms with Crippen LogP contribution in [0.2, 0.25) is 5.02 Å². The van der Waals surface area contributed by atoms with Gasteiger partial charge in [0.2, 0.25) is 0 Å². The summed E-state index contributed by atoms with van der Waals surface area (Å²) in [4.78, 5) is 30.0. The van der Waals surface area contributed by atoms with Gasteiger partial charge in [-0.15, -0.1) is 0 Å². The number of carboxylic acids is 1. The standard InChI is InChI=1S/C18H17ClN2O3/c1-18(17(23)24)7-9-21(11-18)16(22)13-10-12(5-6-14(13)19)15-4-2-3-8-20-15/h2-6,8,10H,7,9,11H2,1H3,(H,23,24). The average molecular weight is 345 g/mol. The van der Waals surface area contributed by atoms with E-state index >= 15 is 0 Å². The lowest BCUT2D eigenvalue weighted by atomic mass is 9.90. The Balaban J connectivity index is 1.90. The second kappa shape index (κ2) is 6.24. The Morgan fingerprint density at radius 3 is 2.71 bits per heavy atom. The number of carbonyl (C=O) groups excluding carboxylic acids is 1. The fraction of sp³-hybridized carbons (Fsp3) is 0.278. The molecule has 1 N–H and O–H groups in total. The van der Waals surface area contributed by atoms with Crippen LogP contribution < -0.4 is 0 Å². The lowest BCUT2D eigenvalue weighted by molar-refractivity contribution is -0.147. The number of aliphatic carboxylic acids is 1. The molecule has 1 atom stereocenters. The number of carboxylic acid groups (broad SMARTS) is 1. The minimum atomic E-state index is -0.902. The summed E-state index contributed by atoms with van der Waals surface area (Å²) in [6, 6.07) is 10.7. The lowest BCUT2D eigenvalue weighted by Gasteiger charge is -2.21. The van der Waals surface area contributed by atoms with Gasteiger partial charge in [0.1, 0.15) is 0 Å². The highest BCUT2D eigenvalue weighted by Gasteiger charge is 2.42. The van der Waals surface area contributed by atoms with Crippen molar-refractivity contribution in [3.05, 3.63) is 53.2 Å². The van der Waals surface area contributed by atoms with Crippen LogP contribution in [0.5, 0.6) is 0 Å². The number of amides is 1. The van der Waals surface area contributed by atoms with Crippen LogP contribution in [0, 0.1) is 5.41 Å². The summed E-state index contributed by atoms with van der Waals surface area (Å²) in [5.74, 6) is -1.13. The van der Waals surface area contributed by atoms with E-state index in [0.29, 0.717) is 23.6 Å². The van der Waals surface area contributed by atoms with E-state index in [4.69, 9.17) is 11.6 Å². The second-order valence-corrected chi connectivity index (χ2v) is 6.66. The zero-order valence-electron chi connectivity index (χ0n) is 13.2. The zero-order chi connectivity index (χ0) is 17.3. The topological polar surface area (TPSA) is 70.5 Å². The SMILES string of the molecule is CC1(C(=O)O)CCN(C(=O)c2cc(-c3ccccn3)ccc2Cl)C1. The van der Waals surface area contributed by atoms with Crippen molar-refractivity contribution in [2.75, 3.05) is 13.1 Å². The summed E-state index contributed by atoms with van der Waals surface area (Å²) >= 11 is 6.21. The minimum absolute atomic E-state index is 0.186. The Morgan fingerprint density at radius 1 is 1.29 bits per heavy atom. The number of rotatable bonds is 3. The van der Waals surface area contributed by atoms with Gasteiger partial charge in [0, 0.05) is 24.8 Å². The molecule has 1 aliphatic rings. The zero-order valence-corrected chi connectivity index (χ0v) is 14.0. The molecule has 0 radical (unpaired) electrons. The Morgan fingerprint density at radius 2 is 2.08 bits per heavy atom. The number of hydrogen-bond donors (Lipinski definition) is 1. The van der Waals surface area contributed by atoms with E-state index in [9.17, 15) is 14.7 Å². The molecule has 0 aliphatic carbocycles. The van der Waals surface area contributed by atoms with Gasteiger partial charge in [0.05, 0.1) is 21.7 Å². The van der Waals surface area contributed by atoms with Gasteiger partial charge in [0.25, 0.3) is 5.91 Å². The van der Waals surface area contributed by atoms with Gasteiger partial charge < -0.3 is 10.0 Å². The summed E-state index contributed by atoms with van der Waals surface area (Å²) in [6.45, 7) is 2.26. The number of pyridine rings is 1. The Hall–Kier alpha value is -2.40. The van der Waals surface area contributed by atoms with E-state index < -0.39 is 11.4 Å². The number of halogens is 1. The van der Waals surface area contributed by atoms with Crippen LogP contribution >= 0.6 is 11.6 Å². The third kappa shape index (κ3) is 2.99. The van der Waals surface area contributed by atoms with Crippen LogP contribution in [0.15, 0.2) is 42.6 Å². The van der Waals surface area contributed by atoms with Crippen LogP contribution in [-0.4, -0.2) is 40.0 Å². The number of carbonyl (C=O) groups is 2. The fourth-order valence-electron chi connectivity index (χ4n) is 2.86. The van der Waals surface area contributed by atoms with Gasteiger partial charge in [-0.1, -0.05) is 23.7 Å². The van der Waals surface area contributed by atoms with E-state index in [2.05, 4.69) is 4.98 Å². The first-order valence-corrected chi connectivity index (χ1v) is 8.02. The number of benzene rings is 1. The predicted molar refractivity (Wildman–Crippen MR) is 90.9 cm³/mol. The average Bonchev–Trinajstić information content (AvgIpc) is 2.99. The molecule has 124 valence electrons. The summed E-state index contributed by atoms with van der Waals surface area (Å²) in [7, 11) is 0. The van der Waals surface area contributed by atoms with Crippen LogP contribution in [0.1, 0.15) is 23.7 Å². The highest BCUT2D eigenvalue weighted by Crippen LogP contribution is 2.32. The summed E-state index contributed by atoms with van der Waals surface area (Å²) in [5.41, 5.74) is 1.01. The van der Waals surface area contributed by atoms with Gasteiger partial charge in [-0.2, -0.15) is 0 Å². The quantitative estimate of drug-likeness (QED) is 0.927. The molecular weight excluding hydrogens is 328 g/mol. The predicted octanol–water partition coefficient (Wildman–Crippen LogP) is 3.34. The molecule has 24 heavy (non-hydrogen) atoms. The monoisotopic (exact) mass is 344 g/mol. The number of aromatic nitrogens is 1. The molecule has 2 aromatic rings. The van der Waals surface area contributed by atoms with Crippen molar-refractivity contribution in [2.24, 2.45) is 5.41 Å². The van der Waals surface area contributed by atoms with Crippen LogP contribution in [0.25, 0.3) is 11.3 Å². The van der Waals surface area contributed by atoms with Crippen molar-refractivity contribution >= 4 is 23.5 Å². The number of nitrogens with zero attached hydrogens (tertiary/aromatic N) is 2. The molecule has 0 spiro atoms. The summed E-state index contributed by atoms with van der Waals surface area (Å²) in [5, 5.41) is 9.67. The van der Waals surface area contributed by atoms with Gasteiger partial charge in [-0.3, -0.25) is 14.6 Å². The molecule has 1 amide bonds. The van der Waals surface area contributed by atoms with Crippen molar-refractivity contribution in [1.82, 2.24) is 9.88 Å². The van der Waals surface area contributed by atoms with Crippen molar-refractivity contribution in [3.63, 3.8) is 0 Å². The van der Waals surface area contributed by atoms with E-state index in [1.54, 1.807) is 30.2 Å². The molecule has 1 aromatic carbocycles. The highest BCUT2D eigenvalue weighted by molar-refractivity contribution is 6.34. The molecule has 5 nitrogen and oxygen atoms in total. The third-order valence-electron chi connectivity index (χ3n) is 4.43. The van der Waals surface area contributed by atoms with Gasteiger partial charge in [0.15, 0.2) is 0 Å². The maximum atomic E-state index is 12.8. The molecule has 2 heterocycles. The largest absolute Gasteiger partial charge is 0.481 e. The number of hydrogen-bond acceptors (Lipinski definition) is 3. The van der Waals surface area contributed by atoms with E-state index in [1.807, 2.05) is 24.3 Å². The molecule has 1 fully saturated rings. The molecule has 0 saturated carbocycles. The number of likely N-dealkylation sites (tertiary alicyclic amines) is 1. The first kappa shape index (κ1) is 16.5. The van der Waals surface area contributed by atoms with E-state index in [0.717, 1.165) is 11.3 Å². The van der Waals surface area contributed by atoms with Crippen LogP contribution in [-0.2, 0) is 4.79 Å². The Labute approximate surface area is 144 Å². The van der Waals surface area contributed by atoms with E-state index in [-0.39, 0.29) is 12.5 Å². The second-order valence-electron chi connectivity index (χ2n) is 6.25. The highest BCUT2D eigenvalue weighted by atomic mass is 35.5. The Bertz CT molecular complexity index is 794. The van der Waals surface area contributed by atoms with Crippen molar-refractivity contribution in [3.8, 4) is 11.3 Å². The lowest BCUT2D eigenvalue weighted by Crippen LogP contribution is -2.35. The first-order chi connectivity index (χ1) is 11.4. The van der Waals surface area contributed by atoms with Crippen LogP contribution in [0.3, 0.4) is 0 Å². The van der Waals surface area contributed by atoms with Gasteiger partial charge in [-0.05, 0) is 37.6 Å². The first-order valence-electron chi connectivity index (χ1n) is 7.64. The third-order valence-corrected chi connectivity index (χ3v) is 4.76. The Kier molecular flexibility index (Phi) is 4.28. The molecule has 0 bridgehead atoms. The molecular formula is C18H17ClN2O3. The fourth-order valence-corrected chi connectivity index (χ4v) is 3.06. The maximum absolute atomic E-state index is 12.8. The van der Waals surface area contributed by atoms with Gasteiger partial charge in [-0.25, -0.2) is 0 Å². The molecule has 1 saturated heterocycles. The molecule has 1 aliphatic heterocycles. The maximum Gasteiger partial charge on any atom is 0.311 e. The minimum Gasteiger partial charge on any atom is -0.481 e. The summed E-state index contributed by atoms with van der Waals surface area (Å²) < 4.78 is 0. The van der Waals surface area contributed by atoms with E-state index in [1.165, 1.54) is 0 Å². The normalized spacial score (nSPS) is 20.2.